The van der Waals surface area contributed by atoms with Crippen LogP contribution in [0.4, 0.5) is 0 Å². The van der Waals surface area contributed by atoms with Crippen LogP contribution in [-0.4, -0.2) is 11.1 Å². The molecule has 0 aliphatic carbocycles. The molecule has 0 aliphatic rings. The highest BCUT2D eigenvalue weighted by atomic mass is 16.5. The number of carbonyl (C=O) groups is 1. The molecule has 3 nitrogen and oxygen atoms in total. The van der Waals surface area contributed by atoms with Gasteiger partial charge in [0.15, 0.2) is 0 Å². The average molecular weight is 129 g/mol. The standard InChI is InChI=1S/C6H11NO2/c1-2-3-4-5-6(8)7-9/h3-4,9H,2,5H2,1H3,(H,7,8). The predicted molar refractivity (Wildman–Crippen MR) is 34.0 cm³/mol. The van der Waals surface area contributed by atoms with Gasteiger partial charge in [0.2, 0.25) is 5.91 Å². The van der Waals surface area contributed by atoms with Crippen LogP contribution in [0.2, 0.25) is 0 Å². The van der Waals surface area contributed by atoms with Gasteiger partial charge >= 0.3 is 0 Å². The average Bonchev–Trinajstić information content (AvgIpc) is 1.89. The molecule has 0 saturated carbocycles. The Labute approximate surface area is 54.3 Å². The normalized spacial score (nSPS) is 10.0. The van der Waals surface area contributed by atoms with Crippen molar-refractivity contribution in [3.63, 3.8) is 0 Å². The molecule has 0 fully saturated rings. The highest BCUT2D eigenvalue weighted by Crippen LogP contribution is 1.84. The van der Waals surface area contributed by atoms with Gasteiger partial charge in [-0.25, -0.2) is 5.48 Å². The summed E-state index contributed by atoms with van der Waals surface area (Å²) in [7, 11) is 0. The Balaban J connectivity index is 3.26. The van der Waals surface area contributed by atoms with E-state index in [1.54, 1.807) is 6.08 Å². The summed E-state index contributed by atoms with van der Waals surface area (Å²) in [5.41, 5.74) is 1.53. The lowest BCUT2D eigenvalue weighted by Gasteiger charge is -1.89. The zero-order chi connectivity index (χ0) is 7.11. The Hall–Kier alpha value is -0.830. The minimum Gasteiger partial charge on any atom is -0.289 e. The van der Waals surface area contributed by atoms with Gasteiger partial charge in [-0.2, -0.15) is 0 Å². The molecule has 0 rings (SSSR count). The molecule has 0 aromatic rings. The molecule has 52 valence electrons. The maximum absolute atomic E-state index is 10.3. The van der Waals surface area contributed by atoms with Gasteiger partial charge in [0, 0.05) is 6.42 Å². The van der Waals surface area contributed by atoms with Crippen LogP contribution in [0.3, 0.4) is 0 Å². The molecule has 0 bridgehead atoms. The monoisotopic (exact) mass is 129 g/mol. The largest absolute Gasteiger partial charge is 0.289 e. The lowest BCUT2D eigenvalue weighted by Crippen LogP contribution is -2.16. The van der Waals surface area contributed by atoms with E-state index < -0.39 is 0 Å². The second-order valence-corrected chi connectivity index (χ2v) is 1.62. The topological polar surface area (TPSA) is 49.3 Å². The van der Waals surface area contributed by atoms with Crippen LogP contribution in [-0.2, 0) is 4.79 Å². The molecule has 3 heteroatoms. The van der Waals surface area contributed by atoms with Gasteiger partial charge in [0.05, 0.1) is 0 Å². The molecular formula is C6H11NO2. The third-order valence-electron chi connectivity index (χ3n) is 0.830. The van der Waals surface area contributed by atoms with Crippen LogP contribution in [0.25, 0.3) is 0 Å². The first-order chi connectivity index (χ1) is 4.31. The zero-order valence-electron chi connectivity index (χ0n) is 5.42. The number of allylic oxidation sites excluding steroid dienone is 1. The van der Waals surface area contributed by atoms with E-state index >= 15 is 0 Å². The van der Waals surface area contributed by atoms with E-state index in [0.717, 1.165) is 6.42 Å². The SMILES string of the molecule is CCC=CCC(=O)NO. The summed E-state index contributed by atoms with van der Waals surface area (Å²) in [6, 6.07) is 0. The minimum absolute atomic E-state index is 0.254. The minimum atomic E-state index is -0.375. The molecule has 2 N–H and O–H groups in total. The number of carbonyl (C=O) groups excluding carboxylic acids is 1. The number of nitrogens with one attached hydrogen (secondary N) is 1. The summed E-state index contributed by atoms with van der Waals surface area (Å²) in [4.78, 5) is 10.3. The van der Waals surface area contributed by atoms with Crippen molar-refractivity contribution in [1.82, 2.24) is 5.48 Å². The van der Waals surface area contributed by atoms with Crippen molar-refractivity contribution < 1.29 is 10.0 Å². The molecule has 0 radical (unpaired) electrons. The van der Waals surface area contributed by atoms with Crippen LogP contribution in [0, 0.1) is 0 Å². The Kier molecular flexibility index (Phi) is 4.82. The summed E-state index contributed by atoms with van der Waals surface area (Å²) in [5, 5.41) is 8.00. The van der Waals surface area contributed by atoms with Crippen molar-refractivity contribution in [2.75, 3.05) is 0 Å². The van der Waals surface area contributed by atoms with Gasteiger partial charge < -0.3 is 0 Å². The Morgan fingerprint density at radius 2 is 2.33 bits per heavy atom. The third kappa shape index (κ3) is 5.03. The molecule has 0 spiro atoms. The van der Waals surface area contributed by atoms with E-state index in [4.69, 9.17) is 5.21 Å². The zero-order valence-corrected chi connectivity index (χ0v) is 5.42. The number of hydroxylamine groups is 1. The van der Waals surface area contributed by atoms with Gasteiger partial charge in [0.25, 0.3) is 0 Å². The Bertz CT molecular complexity index is 110. The second-order valence-electron chi connectivity index (χ2n) is 1.62. The maximum Gasteiger partial charge on any atom is 0.247 e. The Morgan fingerprint density at radius 1 is 1.67 bits per heavy atom. The fraction of sp³-hybridized carbons (Fsp3) is 0.500. The van der Waals surface area contributed by atoms with Crippen molar-refractivity contribution in [2.24, 2.45) is 0 Å². The number of amides is 1. The van der Waals surface area contributed by atoms with Crippen molar-refractivity contribution in [3.05, 3.63) is 12.2 Å². The number of hydrogen-bond donors (Lipinski definition) is 2. The van der Waals surface area contributed by atoms with Gasteiger partial charge in [-0.1, -0.05) is 19.1 Å². The smallest absolute Gasteiger partial charge is 0.247 e. The Morgan fingerprint density at radius 3 is 2.78 bits per heavy atom. The second kappa shape index (κ2) is 5.31. The van der Waals surface area contributed by atoms with Gasteiger partial charge in [0.1, 0.15) is 0 Å². The predicted octanol–water partition coefficient (Wildman–Crippen LogP) is 0.848. The molecule has 0 aromatic carbocycles. The van der Waals surface area contributed by atoms with Gasteiger partial charge in [-0.3, -0.25) is 10.0 Å². The van der Waals surface area contributed by atoms with E-state index in [1.165, 1.54) is 5.48 Å². The first-order valence-corrected chi connectivity index (χ1v) is 2.89. The van der Waals surface area contributed by atoms with Gasteiger partial charge in [-0.05, 0) is 6.42 Å². The lowest BCUT2D eigenvalue weighted by atomic mass is 10.3. The van der Waals surface area contributed by atoms with Crippen molar-refractivity contribution in [3.8, 4) is 0 Å². The third-order valence-corrected chi connectivity index (χ3v) is 0.830. The molecule has 1 amide bonds. The molecule has 0 unspecified atom stereocenters. The van der Waals surface area contributed by atoms with E-state index in [2.05, 4.69) is 0 Å². The summed E-state index contributed by atoms with van der Waals surface area (Å²) in [6.45, 7) is 1.98. The molecule has 0 aromatic heterocycles. The molecule has 0 heterocycles. The maximum atomic E-state index is 10.3. The highest BCUT2D eigenvalue weighted by molar-refractivity contribution is 5.76. The molecular weight excluding hydrogens is 118 g/mol. The van der Waals surface area contributed by atoms with Crippen molar-refractivity contribution >= 4 is 5.91 Å². The quantitative estimate of drug-likeness (QED) is 0.337. The van der Waals surface area contributed by atoms with Crippen LogP contribution in [0.15, 0.2) is 12.2 Å². The molecule has 9 heavy (non-hydrogen) atoms. The number of hydrogen-bond acceptors (Lipinski definition) is 2. The number of rotatable bonds is 3. The van der Waals surface area contributed by atoms with E-state index in [-0.39, 0.29) is 12.3 Å². The summed E-state index contributed by atoms with van der Waals surface area (Å²) in [5.74, 6) is -0.375. The van der Waals surface area contributed by atoms with E-state index in [1.807, 2.05) is 13.0 Å². The van der Waals surface area contributed by atoms with E-state index in [9.17, 15) is 4.79 Å². The van der Waals surface area contributed by atoms with Crippen LogP contribution < -0.4 is 5.48 Å². The highest BCUT2D eigenvalue weighted by Gasteiger charge is 1.90. The van der Waals surface area contributed by atoms with Crippen molar-refractivity contribution in [1.29, 1.82) is 0 Å². The summed E-state index contributed by atoms with van der Waals surface area (Å²) >= 11 is 0. The fourth-order valence-electron chi connectivity index (χ4n) is 0.403. The first-order valence-electron chi connectivity index (χ1n) is 2.89. The fourth-order valence-corrected chi connectivity index (χ4v) is 0.403. The summed E-state index contributed by atoms with van der Waals surface area (Å²) in [6.07, 6.45) is 4.75. The first kappa shape index (κ1) is 8.17. The van der Waals surface area contributed by atoms with Crippen LogP contribution >= 0.6 is 0 Å². The van der Waals surface area contributed by atoms with E-state index in [0.29, 0.717) is 0 Å². The van der Waals surface area contributed by atoms with Gasteiger partial charge in [-0.15, -0.1) is 0 Å². The lowest BCUT2D eigenvalue weighted by molar-refractivity contribution is -0.128. The molecule has 0 atom stereocenters. The molecule has 0 aliphatic heterocycles. The van der Waals surface area contributed by atoms with Crippen molar-refractivity contribution in [2.45, 2.75) is 19.8 Å². The van der Waals surface area contributed by atoms with Crippen LogP contribution in [0.5, 0.6) is 0 Å². The molecule has 0 saturated heterocycles. The van der Waals surface area contributed by atoms with Crippen LogP contribution in [0.1, 0.15) is 19.8 Å². The summed E-state index contributed by atoms with van der Waals surface area (Å²) < 4.78 is 0.